The van der Waals surface area contributed by atoms with Gasteiger partial charge in [0.05, 0.1) is 13.2 Å². The summed E-state index contributed by atoms with van der Waals surface area (Å²) in [6, 6.07) is 0.386. The lowest BCUT2D eigenvalue weighted by atomic mass is 10.3. The summed E-state index contributed by atoms with van der Waals surface area (Å²) >= 11 is 0. The Morgan fingerprint density at radius 2 is 2.21 bits per heavy atom. The lowest BCUT2D eigenvalue weighted by Crippen LogP contribution is -2.29. The maximum Gasteiger partial charge on any atom is 0.0594 e. The van der Waals surface area contributed by atoms with Gasteiger partial charge in [0, 0.05) is 25.7 Å². The first-order chi connectivity index (χ1) is 6.68. The van der Waals surface area contributed by atoms with Gasteiger partial charge >= 0.3 is 0 Å². The van der Waals surface area contributed by atoms with E-state index >= 15 is 0 Å². The molecule has 1 rings (SSSR count). The third kappa shape index (κ3) is 4.91. The molecule has 1 aliphatic rings. The molecule has 0 bridgehead atoms. The highest BCUT2D eigenvalue weighted by Gasteiger charge is 2.17. The van der Waals surface area contributed by atoms with Gasteiger partial charge in [-0.05, 0) is 27.1 Å². The van der Waals surface area contributed by atoms with Crippen LogP contribution in [0, 0.1) is 0 Å². The molecule has 0 aromatic heterocycles. The van der Waals surface area contributed by atoms with Gasteiger partial charge in [-0.3, -0.25) is 4.90 Å². The number of nitrogens with two attached hydrogens (primary N) is 1. The van der Waals surface area contributed by atoms with Crippen molar-refractivity contribution < 1.29 is 4.74 Å². The number of rotatable bonds is 6. The molecule has 14 heavy (non-hydrogen) atoms. The Bertz CT molecular complexity index is 152. The summed E-state index contributed by atoms with van der Waals surface area (Å²) in [7, 11) is 4.12. The fraction of sp³-hybridized carbons (Fsp3) is 1.00. The van der Waals surface area contributed by atoms with Gasteiger partial charge in [0.15, 0.2) is 0 Å². The molecule has 1 heterocycles. The fourth-order valence-corrected chi connectivity index (χ4v) is 1.61. The maximum atomic E-state index is 5.81. The van der Waals surface area contributed by atoms with Crippen LogP contribution in [0.5, 0.6) is 0 Å². The summed E-state index contributed by atoms with van der Waals surface area (Å²) in [5.74, 6) is 0. The third-order valence-corrected chi connectivity index (χ3v) is 2.54. The van der Waals surface area contributed by atoms with Crippen molar-refractivity contribution in [1.82, 2.24) is 9.80 Å². The van der Waals surface area contributed by atoms with Gasteiger partial charge in [-0.15, -0.1) is 0 Å². The zero-order valence-electron chi connectivity index (χ0n) is 9.41. The van der Waals surface area contributed by atoms with E-state index in [2.05, 4.69) is 23.9 Å². The van der Waals surface area contributed by atoms with Crippen LogP contribution in [-0.4, -0.2) is 69.3 Å². The summed E-state index contributed by atoms with van der Waals surface area (Å²) in [6.07, 6.45) is 1.14. The molecular formula is C10H23N3O. The maximum absolute atomic E-state index is 5.81. The van der Waals surface area contributed by atoms with Crippen LogP contribution < -0.4 is 5.73 Å². The largest absolute Gasteiger partial charge is 0.379 e. The van der Waals surface area contributed by atoms with Crippen molar-refractivity contribution in [3.05, 3.63) is 0 Å². The number of hydrogen-bond acceptors (Lipinski definition) is 4. The van der Waals surface area contributed by atoms with Gasteiger partial charge in [0.1, 0.15) is 0 Å². The second-order valence-corrected chi connectivity index (χ2v) is 4.27. The van der Waals surface area contributed by atoms with Crippen LogP contribution in [0.4, 0.5) is 0 Å². The quantitative estimate of drug-likeness (QED) is 0.594. The SMILES string of the molecule is CN(C)CCOCCN1CCC(N)C1. The van der Waals surface area contributed by atoms with E-state index in [9.17, 15) is 0 Å². The molecule has 1 unspecified atom stereocenters. The van der Waals surface area contributed by atoms with Crippen LogP contribution in [0.2, 0.25) is 0 Å². The Morgan fingerprint density at radius 3 is 2.79 bits per heavy atom. The molecule has 0 saturated carbocycles. The van der Waals surface area contributed by atoms with Crippen molar-refractivity contribution in [2.24, 2.45) is 5.73 Å². The molecular weight excluding hydrogens is 178 g/mol. The molecule has 2 N–H and O–H groups in total. The van der Waals surface area contributed by atoms with E-state index in [0.717, 1.165) is 45.8 Å². The fourth-order valence-electron chi connectivity index (χ4n) is 1.61. The van der Waals surface area contributed by atoms with Crippen molar-refractivity contribution in [2.75, 3.05) is 53.5 Å². The second-order valence-electron chi connectivity index (χ2n) is 4.27. The Labute approximate surface area is 87.0 Å². The average Bonchev–Trinajstić information content (AvgIpc) is 2.50. The minimum absolute atomic E-state index is 0.386. The van der Waals surface area contributed by atoms with E-state index in [1.54, 1.807) is 0 Å². The molecule has 0 spiro atoms. The van der Waals surface area contributed by atoms with Crippen LogP contribution >= 0.6 is 0 Å². The van der Waals surface area contributed by atoms with E-state index in [1.165, 1.54) is 0 Å². The van der Waals surface area contributed by atoms with Crippen molar-refractivity contribution in [2.45, 2.75) is 12.5 Å². The normalized spacial score (nSPS) is 23.6. The highest BCUT2D eigenvalue weighted by Crippen LogP contribution is 2.05. The number of hydrogen-bond donors (Lipinski definition) is 1. The Kier molecular flexibility index (Phi) is 5.40. The topological polar surface area (TPSA) is 41.7 Å². The zero-order chi connectivity index (χ0) is 10.4. The van der Waals surface area contributed by atoms with Gasteiger partial charge in [-0.2, -0.15) is 0 Å². The third-order valence-electron chi connectivity index (χ3n) is 2.54. The Morgan fingerprint density at radius 1 is 1.43 bits per heavy atom. The van der Waals surface area contributed by atoms with Crippen LogP contribution in [0.1, 0.15) is 6.42 Å². The summed E-state index contributed by atoms with van der Waals surface area (Å²) < 4.78 is 5.52. The number of ether oxygens (including phenoxy) is 1. The summed E-state index contributed by atoms with van der Waals surface area (Å²) in [6.45, 7) is 5.86. The molecule has 0 radical (unpaired) electrons. The summed E-state index contributed by atoms with van der Waals surface area (Å²) in [5, 5.41) is 0. The van der Waals surface area contributed by atoms with E-state index in [-0.39, 0.29) is 0 Å². The lowest BCUT2D eigenvalue weighted by molar-refractivity contribution is 0.0982. The first-order valence-electron chi connectivity index (χ1n) is 5.39. The Hall–Kier alpha value is -0.160. The van der Waals surface area contributed by atoms with Crippen molar-refractivity contribution >= 4 is 0 Å². The highest BCUT2D eigenvalue weighted by atomic mass is 16.5. The van der Waals surface area contributed by atoms with Crippen molar-refractivity contribution in [1.29, 1.82) is 0 Å². The molecule has 1 atom stereocenters. The van der Waals surface area contributed by atoms with E-state index in [0.29, 0.717) is 6.04 Å². The van der Waals surface area contributed by atoms with Gasteiger partial charge in [-0.1, -0.05) is 0 Å². The van der Waals surface area contributed by atoms with Gasteiger partial charge in [0.2, 0.25) is 0 Å². The highest BCUT2D eigenvalue weighted by molar-refractivity contribution is 4.77. The lowest BCUT2D eigenvalue weighted by Gasteiger charge is -2.15. The molecule has 4 nitrogen and oxygen atoms in total. The molecule has 0 aromatic carbocycles. The minimum Gasteiger partial charge on any atom is -0.379 e. The molecule has 1 saturated heterocycles. The summed E-state index contributed by atoms with van der Waals surface area (Å²) in [4.78, 5) is 4.51. The first-order valence-corrected chi connectivity index (χ1v) is 5.39. The predicted molar refractivity (Wildman–Crippen MR) is 58.4 cm³/mol. The summed E-state index contributed by atoms with van der Waals surface area (Å²) in [5.41, 5.74) is 5.81. The van der Waals surface area contributed by atoms with Crippen molar-refractivity contribution in [3.63, 3.8) is 0 Å². The van der Waals surface area contributed by atoms with Gasteiger partial charge in [0.25, 0.3) is 0 Å². The van der Waals surface area contributed by atoms with Gasteiger partial charge < -0.3 is 15.4 Å². The van der Waals surface area contributed by atoms with Crippen LogP contribution in [-0.2, 0) is 4.74 Å². The predicted octanol–water partition coefficient (Wildman–Crippen LogP) is -0.402. The molecule has 0 aromatic rings. The van der Waals surface area contributed by atoms with E-state index in [1.807, 2.05) is 0 Å². The molecule has 1 fully saturated rings. The number of likely N-dealkylation sites (N-methyl/N-ethyl adjacent to an activating group) is 1. The molecule has 1 aliphatic heterocycles. The molecule has 0 amide bonds. The monoisotopic (exact) mass is 201 g/mol. The Balaban J connectivity index is 1.89. The molecule has 84 valence electrons. The first kappa shape index (κ1) is 11.9. The number of nitrogens with zero attached hydrogens (tertiary/aromatic N) is 2. The minimum atomic E-state index is 0.386. The van der Waals surface area contributed by atoms with Crippen molar-refractivity contribution in [3.8, 4) is 0 Å². The van der Waals surface area contributed by atoms with E-state index < -0.39 is 0 Å². The van der Waals surface area contributed by atoms with Crippen LogP contribution in [0.3, 0.4) is 0 Å². The smallest absolute Gasteiger partial charge is 0.0594 e. The van der Waals surface area contributed by atoms with Gasteiger partial charge in [-0.25, -0.2) is 0 Å². The number of likely N-dealkylation sites (tertiary alicyclic amines) is 1. The van der Waals surface area contributed by atoms with E-state index in [4.69, 9.17) is 10.5 Å². The molecule has 4 heteroatoms. The molecule has 0 aliphatic carbocycles. The standard InChI is InChI=1S/C10H23N3O/c1-12(2)5-7-14-8-6-13-4-3-10(11)9-13/h10H,3-9,11H2,1-2H3. The zero-order valence-corrected chi connectivity index (χ0v) is 9.41. The van der Waals surface area contributed by atoms with Crippen LogP contribution in [0.15, 0.2) is 0 Å². The van der Waals surface area contributed by atoms with Crippen LogP contribution in [0.25, 0.3) is 0 Å². The second kappa shape index (κ2) is 6.35. The average molecular weight is 201 g/mol.